The van der Waals surface area contributed by atoms with Gasteiger partial charge in [-0.2, -0.15) is 4.99 Å². The molecule has 1 saturated carbocycles. The van der Waals surface area contributed by atoms with Gasteiger partial charge in [-0.15, -0.1) is 0 Å². The first kappa shape index (κ1) is 13.1. The zero-order valence-corrected chi connectivity index (χ0v) is 11.9. The average Bonchev–Trinajstić information content (AvgIpc) is 2.34. The SMILES string of the molecule is COc1ccc(Br)c(C2(N=C=O)CCC2)c1OC. The summed E-state index contributed by atoms with van der Waals surface area (Å²) in [5.41, 5.74) is 0.361. The molecule has 0 radical (unpaired) electrons. The van der Waals surface area contributed by atoms with Gasteiger partial charge >= 0.3 is 0 Å². The molecule has 0 amide bonds. The lowest BCUT2D eigenvalue weighted by Gasteiger charge is -2.38. The summed E-state index contributed by atoms with van der Waals surface area (Å²) in [7, 11) is 3.18. The first-order valence-corrected chi connectivity index (χ1v) is 6.48. The van der Waals surface area contributed by atoms with E-state index in [0.29, 0.717) is 11.5 Å². The van der Waals surface area contributed by atoms with Crippen LogP contribution in [0.2, 0.25) is 0 Å². The highest BCUT2D eigenvalue weighted by molar-refractivity contribution is 9.10. The molecule has 18 heavy (non-hydrogen) atoms. The maximum absolute atomic E-state index is 10.7. The number of ether oxygens (including phenoxy) is 2. The molecule has 1 aromatic rings. The molecule has 0 N–H and O–H groups in total. The number of isocyanates is 1. The van der Waals surface area contributed by atoms with Crippen LogP contribution in [0.1, 0.15) is 24.8 Å². The van der Waals surface area contributed by atoms with E-state index in [0.717, 1.165) is 29.3 Å². The molecule has 4 nitrogen and oxygen atoms in total. The number of benzene rings is 1. The van der Waals surface area contributed by atoms with Gasteiger partial charge in [-0.25, -0.2) is 4.79 Å². The third-order valence-corrected chi connectivity index (χ3v) is 4.06. The fraction of sp³-hybridized carbons (Fsp3) is 0.462. The van der Waals surface area contributed by atoms with Gasteiger partial charge in [-0.1, -0.05) is 15.9 Å². The summed E-state index contributed by atoms with van der Waals surface area (Å²) in [4.78, 5) is 14.7. The van der Waals surface area contributed by atoms with Crippen molar-refractivity contribution in [1.82, 2.24) is 0 Å². The van der Waals surface area contributed by atoms with Crippen molar-refractivity contribution in [1.29, 1.82) is 0 Å². The Morgan fingerprint density at radius 3 is 2.50 bits per heavy atom. The Bertz CT molecular complexity index is 505. The van der Waals surface area contributed by atoms with Gasteiger partial charge in [0.2, 0.25) is 6.08 Å². The van der Waals surface area contributed by atoms with Gasteiger partial charge in [0.25, 0.3) is 0 Å². The molecule has 0 unspecified atom stereocenters. The number of methoxy groups -OCH3 is 2. The lowest BCUT2D eigenvalue weighted by atomic mass is 9.72. The Hall–Kier alpha value is -1.32. The molecule has 0 heterocycles. The molecule has 0 aliphatic heterocycles. The maximum atomic E-state index is 10.7. The van der Waals surface area contributed by atoms with Gasteiger partial charge in [0.1, 0.15) is 5.54 Å². The summed E-state index contributed by atoms with van der Waals surface area (Å²) in [6, 6.07) is 3.71. The topological polar surface area (TPSA) is 47.9 Å². The molecule has 1 aromatic carbocycles. The van der Waals surface area contributed by atoms with Crippen molar-refractivity contribution in [3.05, 3.63) is 22.2 Å². The minimum absolute atomic E-state index is 0.513. The molecule has 0 atom stereocenters. The van der Waals surface area contributed by atoms with Crippen molar-refractivity contribution in [2.75, 3.05) is 14.2 Å². The van der Waals surface area contributed by atoms with Crippen molar-refractivity contribution in [2.45, 2.75) is 24.8 Å². The predicted molar refractivity (Wildman–Crippen MR) is 70.9 cm³/mol. The number of rotatable bonds is 4. The summed E-state index contributed by atoms with van der Waals surface area (Å²) in [6.45, 7) is 0. The van der Waals surface area contributed by atoms with Crippen LogP contribution in [0.15, 0.2) is 21.6 Å². The predicted octanol–water partition coefficient (Wildman–Crippen LogP) is 3.18. The van der Waals surface area contributed by atoms with E-state index in [4.69, 9.17) is 9.47 Å². The molecule has 2 rings (SSSR count). The molecular weight excluding hydrogens is 298 g/mol. The van der Waals surface area contributed by atoms with Gasteiger partial charge < -0.3 is 9.47 Å². The second-order valence-corrected chi connectivity index (χ2v) is 5.10. The lowest BCUT2D eigenvalue weighted by molar-refractivity contribution is 0.241. The van der Waals surface area contributed by atoms with Crippen LogP contribution in [-0.4, -0.2) is 20.3 Å². The summed E-state index contributed by atoms with van der Waals surface area (Å²) >= 11 is 3.51. The largest absolute Gasteiger partial charge is 0.493 e. The smallest absolute Gasteiger partial charge is 0.235 e. The fourth-order valence-electron chi connectivity index (χ4n) is 2.35. The molecule has 0 saturated heterocycles. The fourth-order valence-corrected chi connectivity index (χ4v) is 3.03. The van der Waals surface area contributed by atoms with Gasteiger partial charge in [0.05, 0.1) is 14.2 Å². The number of hydrogen-bond acceptors (Lipinski definition) is 4. The standard InChI is InChI=1S/C13H14BrNO3/c1-17-10-5-4-9(14)11(12(10)18-2)13(15-8-16)6-3-7-13/h4-5H,3,6-7H2,1-2H3. The Labute approximate surface area is 114 Å². The van der Waals surface area contributed by atoms with Gasteiger partial charge in [-0.3, -0.25) is 0 Å². The first-order valence-electron chi connectivity index (χ1n) is 5.68. The lowest BCUT2D eigenvalue weighted by Crippen LogP contribution is -2.33. The van der Waals surface area contributed by atoms with Gasteiger partial charge in [0, 0.05) is 10.0 Å². The monoisotopic (exact) mass is 311 g/mol. The van der Waals surface area contributed by atoms with Crippen LogP contribution in [0.25, 0.3) is 0 Å². The van der Waals surface area contributed by atoms with Gasteiger partial charge in [0.15, 0.2) is 11.5 Å². The van der Waals surface area contributed by atoms with E-state index >= 15 is 0 Å². The van der Waals surface area contributed by atoms with Crippen molar-refractivity contribution in [2.24, 2.45) is 4.99 Å². The van der Waals surface area contributed by atoms with Crippen molar-refractivity contribution >= 4 is 22.0 Å². The number of hydrogen-bond donors (Lipinski definition) is 0. The van der Waals surface area contributed by atoms with E-state index < -0.39 is 5.54 Å². The van der Waals surface area contributed by atoms with Crippen LogP contribution in [0.3, 0.4) is 0 Å². The third-order valence-electron chi connectivity index (χ3n) is 3.40. The summed E-state index contributed by atoms with van der Waals surface area (Å²) in [6.07, 6.45) is 4.37. The molecule has 5 heteroatoms. The van der Waals surface area contributed by atoms with Crippen molar-refractivity contribution in [3.8, 4) is 11.5 Å². The van der Waals surface area contributed by atoms with Crippen LogP contribution in [0.5, 0.6) is 11.5 Å². The number of halogens is 1. The van der Waals surface area contributed by atoms with Crippen LogP contribution in [-0.2, 0) is 10.3 Å². The summed E-state index contributed by atoms with van der Waals surface area (Å²) in [5.74, 6) is 1.27. The molecular formula is C13H14BrNO3. The zero-order chi connectivity index (χ0) is 13.2. The van der Waals surface area contributed by atoms with E-state index in [9.17, 15) is 4.79 Å². The molecule has 1 aliphatic rings. The number of nitrogens with zero attached hydrogens (tertiary/aromatic N) is 1. The van der Waals surface area contributed by atoms with E-state index in [1.165, 1.54) is 0 Å². The zero-order valence-electron chi connectivity index (χ0n) is 10.3. The van der Waals surface area contributed by atoms with Crippen LogP contribution < -0.4 is 9.47 Å². The van der Waals surface area contributed by atoms with Crippen LogP contribution in [0.4, 0.5) is 0 Å². The van der Waals surface area contributed by atoms with Crippen molar-refractivity contribution in [3.63, 3.8) is 0 Å². The maximum Gasteiger partial charge on any atom is 0.235 e. The highest BCUT2D eigenvalue weighted by Gasteiger charge is 2.43. The molecule has 96 valence electrons. The Morgan fingerprint density at radius 2 is 2.06 bits per heavy atom. The van der Waals surface area contributed by atoms with E-state index in [1.807, 2.05) is 12.1 Å². The quantitative estimate of drug-likeness (QED) is 0.634. The Kier molecular flexibility index (Phi) is 3.73. The highest BCUT2D eigenvalue weighted by atomic mass is 79.9. The van der Waals surface area contributed by atoms with Crippen LogP contribution >= 0.6 is 15.9 Å². The average molecular weight is 312 g/mol. The second-order valence-electron chi connectivity index (χ2n) is 4.25. The van der Waals surface area contributed by atoms with Gasteiger partial charge in [-0.05, 0) is 31.4 Å². The second kappa shape index (κ2) is 5.12. The van der Waals surface area contributed by atoms with E-state index in [-0.39, 0.29) is 0 Å². The van der Waals surface area contributed by atoms with E-state index in [1.54, 1.807) is 20.3 Å². The molecule has 1 aliphatic carbocycles. The molecule has 0 aromatic heterocycles. The minimum atomic E-state index is -0.513. The number of carbonyl (C=O) groups excluding carboxylic acids is 1. The first-order chi connectivity index (χ1) is 8.68. The third kappa shape index (κ3) is 1.93. The minimum Gasteiger partial charge on any atom is -0.493 e. The van der Waals surface area contributed by atoms with E-state index in [2.05, 4.69) is 20.9 Å². The molecule has 1 fully saturated rings. The van der Waals surface area contributed by atoms with Crippen LogP contribution in [0, 0.1) is 0 Å². The normalized spacial score (nSPS) is 16.4. The van der Waals surface area contributed by atoms with Crippen molar-refractivity contribution < 1.29 is 14.3 Å². The Morgan fingerprint density at radius 1 is 1.33 bits per heavy atom. The molecule has 0 bridgehead atoms. The Balaban J connectivity index is 2.64. The highest BCUT2D eigenvalue weighted by Crippen LogP contribution is 2.52. The summed E-state index contributed by atoms with van der Waals surface area (Å²) < 4.78 is 11.6. The number of aliphatic imine (C=N–C) groups is 1. The summed E-state index contributed by atoms with van der Waals surface area (Å²) in [5, 5.41) is 0. The molecule has 0 spiro atoms.